The van der Waals surface area contributed by atoms with Gasteiger partial charge in [-0.2, -0.15) is 0 Å². The maximum absolute atomic E-state index is 12.2. The lowest BCUT2D eigenvalue weighted by Crippen LogP contribution is -2.42. The molecule has 3 rings (SSSR count). The van der Waals surface area contributed by atoms with Gasteiger partial charge in [-0.1, -0.05) is 25.0 Å². The Labute approximate surface area is 116 Å². The van der Waals surface area contributed by atoms with Gasteiger partial charge in [-0.15, -0.1) is 0 Å². The molecule has 0 unspecified atom stereocenters. The van der Waals surface area contributed by atoms with Gasteiger partial charge in [0.25, 0.3) is 0 Å². The van der Waals surface area contributed by atoms with Crippen molar-refractivity contribution in [1.82, 2.24) is 4.90 Å². The molecule has 17 heavy (non-hydrogen) atoms. The fraction of sp³-hybridized carbons (Fsp3) is 0.500. The number of fused-ring (bicyclic) bond motifs is 1. The van der Waals surface area contributed by atoms with E-state index in [1.165, 1.54) is 40.4 Å². The number of nitrogens with zero attached hydrogens (tertiary/aromatic N) is 1. The first-order valence-electron chi connectivity index (χ1n) is 6.31. The zero-order chi connectivity index (χ0) is 11.8. The summed E-state index contributed by atoms with van der Waals surface area (Å²) in [5.74, 6) is 0.327. The Morgan fingerprint density at radius 2 is 2.00 bits per heavy atom. The largest absolute Gasteiger partial charge is 0.335 e. The van der Waals surface area contributed by atoms with Gasteiger partial charge in [0.05, 0.1) is 6.42 Å². The van der Waals surface area contributed by atoms with Crippen molar-refractivity contribution in [3.8, 4) is 0 Å². The van der Waals surface area contributed by atoms with E-state index in [1.807, 2.05) is 0 Å². The van der Waals surface area contributed by atoms with E-state index in [1.54, 1.807) is 0 Å². The minimum absolute atomic E-state index is 0.327. The fourth-order valence-electron chi connectivity index (χ4n) is 3.02. The van der Waals surface area contributed by atoms with Crippen molar-refractivity contribution < 1.29 is 4.79 Å². The second kappa shape index (κ2) is 4.59. The molecule has 1 fully saturated rings. The van der Waals surface area contributed by atoms with Crippen molar-refractivity contribution in [2.75, 3.05) is 0 Å². The van der Waals surface area contributed by atoms with Gasteiger partial charge in [0, 0.05) is 16.2 Å². The Balaban J connectivity index is 1.89. The highest BCUT2D eigenvalue weighted by atomic mass is 127. The lowest BCUT2D eigenvalue weighted by molar-refractivity contribution is -0.134. The second-order valence-electron chi connectivity index (χ2n) is 5.01. The van der Waals surface area contributed by atoms with E-state index >= 15 is 0 Å². The summed E-state index contributed by atoms with van der Waals surface area (Å²) in [7, 11) is 0. The van der Waals surface area contributed by atoms with Crippen molar-refractivity contribution in [3.05, 3.63) is 32.9 Å². The van der Waals surface area contributed by atoms with Crippen molar-refractivity contribution in [2.45, 2.75) is 44.7 Å². The first kappa shape index (κ1) is 11.5. The van der Waals surface area contributed by atoms with E-state index in [9.17, 15) is 4.79 Å². The molecule has 90 valence electrons. The van der Waals surface area contributed by atoms with Crippen LogP contribution in [0, 0.1) is 3.57 Å². The van der Waals surface area contributed by atoms with Crippen LogP contribution >= 0.6 is 22.6 Å². The molecule has 0 aromatic heterocycles. The molecular weight excluding hydrogens is 325 g/mol. The summed E-state index contributed by atoms with van der Waals surface area (Å²) in [6, 6.07) is 6.88. The van der Waals surface area contributed by atoms with Crippen LogP contribution in [0.1, 0.15) is 36.8 Å². The van der Waals surface area contributed by atoms with Gasteiger partial charge in [0.15, 0.2) is 0 Å². The molecule has 0 radical (unpaired) electrons. The van der Waals surface area contributed by atoms with Gasteiger partial charge < -0.3 is 4.90 Å². The molecule has 1 aromatic rings. The molecule has 1 aromatic carbocycles. The van der Waals surface area contributed by atoms with Crippen LogP contribution in [0.25, 0.3) is 0 Å². The quantitative estimate of drug-likeness (QED) is 0.719. The van der Waals surface area contributed by atoms with Gasteiger partial charge in [-0.3, -0.25) is 4.79 Å². The molecule has 1 aliphatic carbocycles. The number of rotatable bonds is 1. The van der Waals surface area contributed by atoms with Gasteiger partial charge >= 0.3 is 0 Å². The van der Waals surface area contributed by atoms with Gasteiger partial charge in [-0.05, 0) is 52.6 Å². The average molecular weight is 341 g/mol. The number of carbonyl (C=O) groups is 1. The molecule has 1 heterocycles. The first-order chi connectivity index (χ1) is 8.25. The molecule has 2 aliphatic rings. The number of amides is 1. The number of benzene rings is 1. The van der Waals surface area contributed by atoms with Crippen LogP contribution in [0.5, 0.6) is 0 Å². The van der Waals surface area contributed by atoms with E-state index in [-0.39, 0.29) is 0 Å². The van der Waals surface area contributed by atoms with Crippen molar-refractivity contribution in [3.63, 3.8) is 0 Å². The SMILES string of the molecule is O=C1Cc2c(I)cccc2CN1C1CCCC1. The van der Waals surface area contributed by atoms with Crippen LogP contribution in [0.15, 0.2) is 18.2 Å². The van der Waals surface area contributed by atoms with E-state index in [0.717, 1.165) is 6.54 Å². The molecular formula is C14H16INO. The summed E-state index contributed by atoms with van der Waals surface area (Å²) < 4.78 is 1.24. The molecule has 3 heteroatoms. The normalized spacial score (nSPS) is 20.8. The van der Waals surface area contributed by atoms with E-state index in [0.29, 0.717) is 18.4 Å². The molecule has 0 saturated heterocycles. The molecule has 1 aliphatic heterocycles. The topological polar surface area (TPSA) is 20.3 Å². The van der Waals surface area contributed by atoms with Crippen LogP contribution in [0.3, 0.4) is 0 Å². The Bertz CT molecular complexity index is 452. The zero-order valence-corrected chi connectivity index (χ0v) is 11.9. The molecule has 1 saturated carbocycles. The average Bonchev–Trinajstić information content (AvgIpc) is 2.83. The predicted octanol–water partition coefficient (Wildman–Crippen LogP) is 3.12. The summed E-state index contributed by atoms with van der Waals surface area (Å²) in [5.41, 5.74) is 2.61. The summed E-state index contributed by atoms with van der Waals surface area (Å²) in [6.45, 7) is 0.829. The summed E-state index contributed by atoms with van der Waals surface area (Å²) in [5, 5.41) is 0. The second-order valence-corrected chi connectivity index (χ2v) is 6.18. The van der Waals surface area contributed by atoms with Gasteiger partial charge in [-0.25, -0.2) is 0 Å². The molecule has 2 nitrogen and oxygen atoms in total. The highest BCUT2D eigenvalue weighted by molar-refractivity contribution is 14.1. The maximum atomic E-state index is 12.2. The Hall–Kier alpha value is -0.580. The van der Waals surface area contributed by atoms with E-state index < -0.39 is 0 Å². The van der Waals surface area contributed by atoms with E-state index in [2.05, 4.69) is 45.7 Å². The monoisotopic (exact) mass is 341 g/mol. The highest BCUT2D eigenvalue weighted by Crippen LogP contribution is 2.30. The van der Waals surface area contributed by atoms with Crippen molar-refractivity contribution >= 4 is 28.5 Å². The van der Waals surface area contributed by atoms with Crippen molar-refractivity contribution in [1.29, 1.82) is 0 Å². The smallest absolute Gasteiger partial charge is 0.227 e. The molecule has 0 bridgehead atoms. The van der Waals surface area contributed by atoms with Crippen LogP contribution in [-0.4, -0.2) is 16.8 Å². The third-order valence-electron chi connectivity index (χ3n) is 3.97. The third kappa shape index (κ3) is 2.09. The Morgan fingerprint density at radius 1 is 1.24 bits per heavy atom. The number of hydrogen-bond acceptors (Lipinski definition) is 1. The van der Waals surface area contributed by atoms with Crippen molar-refractivity contribution in [2.24, 2.45) is 0 Å². The van der Waals surface area contributed by atoms with E-state index in [4.69, 9.17) is 0 Å². The maximum Gasteiger partial charge on any atom is 0.227 e. The standard InChI is InChI=1S/C14H16INO/c15-13-7-3-4-10-9-16(11-5-1-2-6-11)14(17)8-12(10)13/h3-4,7,11H,1-2,5-6,8-9H2. The first-order valence-corrected chi connectivity index (χ1v) is 7.39. The number of halogens is 1. The van der Waals surface area contributed by atoms with Crippen LogP contribution in [0.2, 0.25) is 0 Å². The van der Waals surface area contributed by atoms with Gasteiger partial charge in [0.1, 0.15) is 0 Å². The van der Waals surface area contributed by atoms with Gasteiger partial charge in [0.2, 0.25) is 5.91 Å². The number of hydrogen-bond donors (Lipinski definition) is 0. The van der Waals surface area contributed by atoms with Crippen LogP contribution < -0.4 is 0 Å². The lowest BCUT2D eigenvalue weighted by Gasteiger charge is -2.34. The van der Waals surface area contributed by atoms with Crippen LogP contribution in [0.4, 0.5) is 0 Å². The molecule has 0 spiro atoms. The zero-order valence-electron chi connectivity index (χ0n) is 9.79. The lowest BCUT2D eigenvalue weighted by atomic mass is 9.97. The summed E-state index contributed by atoms with van der Waals surface area (Å²) in [4.78, 5) is 14.3. The number of carbonyl (C=O) groups excluding carboxylic acids is 1. The third-order valence-corrected chi connectivity index (χ3v) is 4.98. The summed E-state index contributed by atoms with van der Waals surface area (Å²) >= 11 is 2.34. The summed E-state index contributed by atoms with van der Waals surface area (Å²) in [6.07, 6.45) is 5.57. The molecule has 0 atom stereocenters. The predicted molar refractivity (Wildman–Crippen MR) is 75.7 cm³/mol. The fourth-order valence-corrected chi connectivity index (χ4v) is 3.77. The molecule has 1 amide bonds. The minimum atomic E-state index is 0.327. The van der Waals surface area contributed by atoms with Crippen LogP contribution in [-0.2, 0) is 17.8 Å². The molecule has 0 N–H and O–H groups in total. The highest BCUT2D eigenvalue weighted by Gasteiger charge is 2.31. The Morgan fingerprint density at radius 3 is 2.76 bits per heavy atom. The minimum Gasteiger partial charge on any atom is -0.335 e. The Kier molecular flexibility index (Phi) is 3.11.